The van der Waals surface area contributed by atoms with Crippen LogP contribution in [0, 0.1) is 12.8 Å². The molecule has 1 fully saturated rings. The third kappa shape index (κ3) is 3.83. The molecule has 0 bridgehead atoms. The molecule has 2 heteroatoms. The van der Waals surface area contributed by atoms with E-state index in [9.17, 15) is 0 Å². The highest BCUT2D eigenvalue weighted by molar-refractivity contribution is 5.22. The van der Waals surface area contributed by atoms with Gasteiger partial charge in [0, 0.05) is 6.61 Å². The Balaban J connectivity index is 1.90. The lowest BCUT2D eigenvalue weighted by atomic mass is 9.92. The van der Waals surface area contributed by atoms with Crippen molar-refractivity contribution >= 4 is 0 Å². The van der Waals surface area contributed by atoms with Gasteiger partial charge in [-0.15, -0.1) is 0 Å². The van der Waals surface area contributed by atoms with Gasteiger partial charge < -0.3 is 10.5 Å². The summed E-state index contributed by atoms with van der Waals surface area (Å²) in [6, 6.07) is 8.73. The van der Waals surface area contributed by atoms with E-state index in [1.54, 1.807) is 0 Å². The van der Waals surface area contributed by atoms with Crippen LogP contribution in [0.5, 0.6) is 0 Å². The molecule has 0 amide bonds. The van der Waals surface area contributed by atoms with Crippen molar-refractivity contribution in [2.45, 2.75) is 38.7 Å². The summed E-state index contributed by atoms with van der Waals surface area (Å²) < 4.78 is 5.69. The van der Waals surface area contributed by atoms with Crippen LogP contribution in [0.2, 0.25) is 0 Å². The van der Waals surface area contributed by atoms with E-state index >= 15 is 0 Å². The van der Waals surface area contributed by atoms with Crippen molar-refractivity contribution in [2.24, 2.45) is 11.7 Å². The zero-order chi connectivity index (χ0) is 12.1. The lowest BCUT2D eigenvalue weighted by molar-refractivity contribution is 0.0905. The van der Waals surface area contributed by atoms with Crippen LogP contribution in [-0.2, 0) is 11.2 Å². The molecule has 0 aromatic heterocycles. The van der Waals surface area contributed by atoms with Crippen LogP contribution in [0.1, 0.15) is 30.4 Å². The van der Waals surface area contributed by atoms with Crippen LogP contribution in [0.25, 0.3) is 0 Å². The fourth-order valence-corrected chi connectivity index (χ4v) is 2.64. The van der Waals surface area contributed by atoms with E-state index in [-0.39, 0.29) is 0 Å². The Labute approximate surface area is 104 Å². The van der Waals surface area contributed by atoms with E-state index in [0.29, 0.717) is 12.0 Å². The Bertz CT molecular complexity index is 345. The highest BCUT2D eigenvalue weighted by Crippen LogP contribution is 2.22. The number of hydrogen-bond acceptors (Lipinski definition) is 2. The molecule has 2 rings (SSSR count). The second-order valence-corrected chi connectivity index (χ2v) is 5.17. The molecule has 0 saturated carbocycles. The van der Waals surface area contributed by atoms with Crippen molar-refractivity contribution in [3.8, 4) is 0 Å². The number of benzene rings is 1. The molecule has 0 spiro atoms. The molecule has 0 aliphatic carbocycles. The molecule has 0 radical (unpaired) electrons. The van der Waals surface area contributed by atoms with Crippen LogP contribution in [-0.4, -0.2) is 19.3 Å². The van der Waals surface area contributed by atoms with E-state index in [0.717, 1.165) is 26.0 Å². The van der Waals surface area contributed by atoms with E-state index in [1.165, 1.54) is 24.0 Å². The van der Waals surface area contributed by atoms with Crippen molar-refractivity contribution in [2.75, 3.05) is 13.2 Å². The Morgan fingerprint density at radius 1 is 1.47 bits per heavy atom. The first-order valence-electron chi connectivity index (χ1n) is 6.65. The van der Waals surface area contributed by atoms with Crippen molar-refractivity contribution < 1.29 is 4.74 Å². The maximum absolute atomic E-state index is 5.88. The van der Waals surface area contributed by atoms with Gasteiger partial charge in [0.15, 0.2) is 0 Å². The third-order valence-electron chi connectivity index (χ3n) is 3.56. The van der Waals surface area contributed by atoms with E-state index in [4.69, 9.17) is 10.5 Å². The van der Waals surface area contributed by atoms with Crippen molar-refractivity contribution in [3.05, 3.63) is 35.4 Å². The van der Waals surface area contributed by atoms with Crippen molar-refractivity contribution in [1.82, 2.24) is 0 Å². The summed E-state index contributed by atoms with van der Waals surface area (Å²) in [5, 5.41) is 0. The van der Waals surface area contributed by atoms with Gasteiger partial charge in [-0.05, 0) is 50.6 Å². The van der Waals surface area contributed by atoms with Crippen molar-refractivity contribution in [1.29, 1.82) is 0 Å². The van der Waals surface area contributed by atoms with Gasteiger partial charge in [0.2, 0.25) is 0 Å². The van der Waals surface area contributed by atoms with E-state index < -0.39 is 0 Å². The first-order valence-corrected chi connectivity index (χ1v) is 6.65. The highest BCUT2D eigenvalue weighted by Gasteiger charge is 2.20. The lowest BCUT2D eigenvalue weighted by Crippen LogP contribution is -2.22. The Hall–Kier alpha value is -0.860. The number of nitrogens with two attached hydrogens (primary N) is 1. The van der Waals surface area contributed by atoms with Crippen molar-refractivity contribution in [3.63, 3.8) is 0 Å². The molecule has 2 nitrogen and oxygen atoms in total. The Morgan fingerprint density at radius 2 is 2.35 bits per heavy atom. The number of aryl methyl sites for hydroxylation is 1. The molecule has 1 aromatic rings. The fraction of sp³-hybridized carbons (Fsp3) is 0.600. The lowest BCUT2D eigenvalue weighted by Gasteiger charge is -2.19. The zero-order valence-electron chi connectivity index (χ0n) is 10.7. The molecule has 1 aromatic carbocycles. The molecule has 2 N–H and O–H groups in total. The summed E-state index contributed by atoms with van der Waals surface area (Å²) in [6.45, 7) is 3.83. The molecule has 1 aliphatic heterocycles. The van der Waals surface area contributed by atoms with Crippen LogP contribution in [0.3, 0.4) is 0 Å². The second-order valence-electron chi connectivity index (χ2n) is 5.17. The molecular formula is C15H23NO. The van der Waals surface area contributed by atoms with Gasteiger partial charge in [-0.2, -0.15) is 0 Å². The summed E-state index contributed by atoms with van der Waals surface area (Å²) in [6.07, 6.45) is 5.08. The van der Waals surface area contributed by atoms with Crippen LogP contribution < -0.4 is 5.73 Å². The quantitative estimate of drug-likeness (QED) is 0.848. The smallest absolute Gasteiger partial charge is 0.0579 e. The number of hydrogen-bond donors (Lipinski definition) is 1. The average molecular weight is 233 g/mol. The predicted octanol–water partition coefficient (Wildman–Crippen LogP) is 2.68. The van der Waals surface area contributed by atoms with Gasteiger partial charge in [0.1, 0.15) is 0 Å². The molecule has 1 aliphatic rings. The number of rotatable bonds is 5. The topological polar surface area (TPSA) is 35.2 Å². The third-order valence-corrected chi connectivity index (χ3v) is 3.56. The first-order chi connectivity index (χ1) is 8.28. The van der Waals surface area contributed by atoms with Crippen LogP contribution in [0.15, 0.2) is 24.3 Å². The summed E-state index contributed by atoms with van der Waals surface area (Å²) >= 11 is 0. The molecule has 2 unspecified atom stereocenters. The SMILES string of the molecule is Cc1cccc(CC(CN)CC2CCCO2)c1. The summed E-state index contributed by atoms with van der Waals surface area (Å²) in [7, 11) is 0. The Kier molecular flexibility index (Phi) is 4.57. The monoisotopic (exact) mass is 233 g/mol. The summed E-state index contributed by atoms with van der Waals surface area (Å²) in [5.74, 6) is 0.555. The minimum absolute atomic E-state index is 0.452. The van der Waals surface area contributed by atoms with Gasteiger partial charge in [0.25, 0.3) is 0 Å². The van der Waals surface area contributed by atoms with Gasteiger partial charge in [-0.3, -0.25) is 0 Å². The normalized spacial score (nSPS) is 21.6. The maximum Gasteiger partial charge on any atom is 0.0579 e. The van der Waals surface area contributed by atoms with Gasteiger partial charge in [0.05, 0.1) is 6.10 Å². The maximum atomic E-state index is 5.88. The number of ether oxygens (including phenoxy) is 1. The minimum atomic E-state index is 0.452. The standard InChI is InChI=1S/C15H23NO/c1-12-4-2-5-13(8-12)9-14(11-16)10-15-6-3-7-17-15/h2,4-5,8,14-15H,3,6-7,9-11,16H2,1H3. The fourth-order valence-electron chi connectivity index (χ4n) is 2.64. The largest absolute Gasteiger partial charge is 0.378 e. The molecule has 1 saturated heterocycles. The molecule has 94 valence electrons. The van der Waals surface area contributed by atoms with E-state index in [2.05, 4.69) is 31.2 Å². The van der Waals surface area contributed by atoms with Crippen LogP contribution >= 0.6 is 0 Å². The summed E-state index contributed by atoms with van der Waals surface area (Å²) in [4.78, 5) is 0. The summed E-state index contributed by atoms with van der Waals surface area (Å²) in [5.41, 5.74) is 8.61. The molecular weight excluding hydrogens is 210 g/mol. The van der Waals surface area contributed by atoms with Crippen LogP contribution in [0.4, 0.5) is 0 Å². The Morgan fingerprint density at radius 3 is 3.00 bits per heavy atom. The zero-order valence-corrected chi connectivity index (χ0v) is 10.7. The van der Waals surface area contributed by atoms with E-state index in [1.807, 2.05) is 0 Å². The minimum Gasteiger partial charge on any atom is -0.378 e. The second kappa shape index (κ2) is 6.18. The van der Waals surface area contributed by atoms with Gasteiger partial charge in [-0.25, -0.2) is 0 Å². The molecule has 17 heavy (non-hydrogen) atoms. The molecule has 1 heterocycles. The molecule has 2 atom stereocenters. The highest BCUT2D eigenvalue weighted by atomic mass is 16.5. The van der Waals surface area contributed by atoms with Gasteiger partial charge in [-0.1, -0.05) is 29.8 Å². The predicted molar refractivity (Wildman–Crippen MR) is 71.0 cm³/mol. The first kappa shape index (κ1) is 12.6. The van der Waals surface area contributed by atoms with Gasteiger partial charge >= 0.3 is 0 Å². The average Bonchev–Trinajstić information content (AvgIpc) is 2.81.